The van der Waals surface area contributed by atoms with Crippen molar-refractivity contribution in [2.75, 3.05) is 7.11 Å². The zero-order chi connectivity index (χ0) is 18.3. The number of phenols is 1. The van der Waals surface area contributed by atoms with Crippen LogP contribution >= 0.6 is 0 Å². The number of ether oxygens (including phenoxy) is 2. The number of aromatic hydroxyl groups is 1. The Morgan fingerprint density at radius 2 is 2.04 bits per heavy atom. The molecule has 1 aliphatic carbocycles. The van der Waals surface area contributed by atoms with Gasteiger partial charge in [-0.1, -0.05) is 24.3 Å². The molecular weight excluding hydrogens is 324 g/mol. The van der Waals surface area contributed by atoms with Crippen LogP contribution in [0.1, 0.15) is 12.0 Å². The largest absolute Gasteiger partial charge is 0.504 e. The third kappa shape index (κ3) is 5.10. The summed E-state index contributed by atoms with van der Waals surface area (Å²) in [6, 6.07) is 4.64. The first kappa shape index (κ1) is 18.1. The van der Waals surface area contributed by atoms with Crippen LogP contribution in [0.4, 0.5) is 0 Å². The predicted molar refractivity (Wildman–Crippen MR) is 92.2 cm³/mol. The molecule has 0 spiro atoms. The maximum atomic E-state index is 12.1. The van der Waals surface area contributed by atoms with Crippen molar-refractivity contribution in [1.82, 2.24) is 0 Å². The molecular formula is C19H18O6. The van der Waals surface area contributed by atoms with Crippen molar-refractivity contribution in [3.05, 3.63) is 66.3 Å². The van der Waals surface area contributed by atoms with Gasteiger partial charge in [-0.3, -0.25) is 0 Å². The van der Waals surface area contributed by atoms with Crippen molar-refractivity contribution in [2.24, 2.45) is 0 Å². The van der Waals surface area contributed by atoms with E-state index in [4.69, 9.17) is 14.6 Å². The van der Waals surface area contributed by atoms with Gasteiger partial charge in [0.25, 0.3) is 0 Å². The van der Waals surface area contributed by atoms with E-state index in [1.807, 2.05) is 0 Å². The topological polar surface area (TPSA) is 93.1 Å². The fraction of sp³-hybridized carbons (Fsp3) is 0.158. The number of aliphatic carboxylic acids is 1. The molecule has 6 heteroatoms. The van der Waals surface area contributed by atoms with Gasteiger partial charge in [0.05, 0.1) is 7.11 Å². The maximum absolute atomic E-state index is 12.1. The number of hydrogen-bond acceptors (Lipinski definition) is 5. The molecule has 1 aliphatic rings. The molecule has 1 atom stereocenters. The second-order valence-corrected chi connectivity index (χ2v) is 5.30. The highest BCUT2D eigenvalue weighted by Gasteiger charge is 2.28. The minimum atomic E-state index is -1.12. The van der Waals surface area contributed by atoms with Crippen LogP contribution in [0, 0.1) is 0 Å². The van der Waals surface area contributed by atoms with Crippen molar-refractivity contribution in [2.45, 2.75) is 12.0 Å². The number of carbonyl (C=O) groups is 2. The smallest absolute Gasteiger partial charge is 0.331 e. The second kappa shape index (κ2) is 8.01. The molecule has 2 N–H and O–H groups in total. The van der Waals surface area contributed by atoms with Crippen LogP contribution in [-0.2, 0) is 14.3 Å². The van der Waals surface area contributed by atoms with E-state index < -0.39 is 17.5 Å². The number of carboxylic acids is 1. The summed E-state index contributed by atoms with van der Waals surface area (Å²) in [7, 11) is 1.43. The number of allylic oxidation sites excluding steroid dienone is 2. The monoisotopic (exact) mass is 342 g/mol. The highest BCUT2D eigenvalue weighted by Crippen LogP contribution is 2.27. The SMILES string of the molecule is COc1cc(C=CC(=O)OC2(C=CC(=O)O)C=CC=CC2)ccc1O. The summed E-state index contributed by atoms with van der Waals surface area (Å²) in [6.45, 7) is 0. The Bertz CT molecular complexity index is 772. The molecule has 0 amide bonds. The minimum Gasteiger partial charge on any atom is -0.504 e. The molecule has 0 bridgehead atoms. The van der Waals surface area contributed by atoms with Gasteiger partial charge in [-0.2, -0.15) is 0 Å². The normalized spacial score (nSPS) is 19.4. The Morgan fingerprint density at radius 1 is 1.24 bits per heavy atom. The first-order valence-corrected chi connectivity index (χ1v) is 7.49. The lowest BCUT2D eigenvalue weighted by molar-refractivity contribution is -0.145. The average molecular weight is 342 g/mol. The molecule has 0 aromatic heterocycles. The molecule has 0 heterocycles. The Kier molecular flexibility index (Phi) is 5.79. The lowest BCUT2D eigenvalue weighted by Gasteiger charge is -2.27. The molecule has 6 nitrogen and oxygen atoms in total. The van der Waals surface area contributed by atoms with Crippen molar-refractivity contribution in [1.29, 1.82) is 0 Å². The molecule has 2 rings (SSSR count). The summed E-state index contributed by atoms with van der Waals surface area (Å²) in [4.78, 5) is 22.9. The zero-order valence-corrected chi connectivity index (χ0v) is 13.6. The number of carboxylic acid groups (broad SMARTS) is 1. The summed E-state index contributed by atoms with van der Waals surface area (Å²) in [5.74, 6) is -1.46. The Hall–Kier alpha value is -3.28. The number of phenolic OH excluding ortho intramolecular Hbond substituents is 1. The van der Waals surface area contributed by atoms with Crippen molar-refractivity contribution in [3.8, 4) is 11.5 Å². The molecule has 0 radical (unpaired) electrons. The van der Waals surface area contributed by atoms with E-state index in [0.717, 1.165) is 6.08 Å². The van der Waals surface area contributed by atoms with Crippen LogP contribution < -0.4 is 4.74 Å². The van der Waals surface area contributed by atoms with Gasteiger partial charge in [-0.15, -0.1) is 0 Å². The first-order valence-electron chi connectivity index (χ1n) is 7.49. The Labute approximate surface area is 145 Å². The van der Waals surface area contributed by atoms with E-state index in [0.29, 0.717) is 12.0 Å². The molecule has 0 fully saturated rings. The standard InChI is InChI=1S/C19H18O6/c1-24-16-13-14(5-7-15(16)20)6-8-18(23)25-19(12-9-17(21)22)10-3-2-4-11-19/h2-10,12-13,20H,11H2,1H3,(H,21,22). The van der Waals surface area contributed by atoms with Gasteiger partial charge in [0.15, 0.2) is 17.1 Å². The highest BCUT2D eigenvalue weighted by molar-refractivity contribution is 5.88. The number of carbonyl (C=O) groups excluding carboxylic acids is 1. The van der Waals surface area contributed by atoms with Gasteiger partial charge in [0, 0.05) is 18.6 Å². The van der Waals surface area contributed by atoms with Gasteiger partial charge in [0.1, 0.15) is 0 Å². The number of benzene rings is 1. The third-order valence-corrected chi connectivity index (χ3v) is 3.48. The van der Waals surface area contributed by atoms with E-state index in [-0.39, 0.29) is 11.5 Å². The van der Waals surface area contributed by atoms with Gasteiger partial charge in [0.2, 0.25) is 0 Å². The zero-order valence-electron chi connectivity index (χ0n) is 13.6. The lowest BCUT2D eigenvalue weighted by atomic mass is 9.94. The van der Waals surface area contributed by atoms with Crippen LogP contribution in [0.5, 0.6) is 11.5 Å². The van der Waals surface area contributed by atoms with Crippen molar-refractivity contribution in [3.63, 3.8) is 0 Å². The highest BCUT2D eigenvalue weighted by atomic mass is 16.6. The second-order valence-electron chi connectivity index (χ2n) is 5.30. The van der Waals surface area contributed by atoms with Gasteiger partial charge >= 0.3 is 11.9 Å². The summed E-state index contributed by atoms with van der Waals surface area (Å²) < 4.78 is 10.4. The quantitative estimate of drug-likeness (QED) is 0.610. The van der Waals surface area contributed by atoms with E-state index in [2.05, 4.69) is 0 Å². The lowest BCUT2D eigenvalue weighted by Crippen LogP contribution is -2.31. The van der Waals surface area contributed by atoms with Crippen LogP contribution in [0.15, 0.2) is 60.7 Å². The molecule has 0 saturated carbocycles. The number of esters is 1. The molecule has 130 valence electrons. The molecule has 1 aromatic carbocycles. The predicted octanol–water partition coefficient (Wildman–Crippen LogP) is 2.85. The number of methoxy groups -OCH3 is 1. The van der Waals surface area contributed by atoms with Crippen LogP contribution in [0.2, 0.25) is 0 Å². The maximum Gasteiger partial charge on any atom is 0.331 e. The van der Waals surface area contributed by atoms with Crippen LogP contribution in [-0.4, -0.2) is 34.9 Å². The van der Waals surface area contributed by atoms with Gasteiger partial charge in [-0.25, -0.2) is 9.59 Å². The van der Waals surface area contributed by atoms with E-state index >= 15 is 0 Å². The fourth-order valence-electron chi connectivity index (χ4n) is 2.25. The summed E-state index contributed by atoms with van der Waals surface area (Å²) in [5, 5.41) is 18.4. The Balaban J connectivity index is 2.12. The summed E-state index contributed by atoms with van der Waals surface area (Å²) >= 11 is 0. The summed E-state index contributed by atoms with van der Waals surface area (Å²) in [6.07, 6.45) is 12.3. The summed E-state index contributed by atoms with van der Waals surface area (Å²) in [5.41, 5.74) is -0.484. The minimum absolute atomic E-state index is 0.000817. The number of hydrogen-bond donors (Lipinski definition) is 2. The average Bonchev–Trinajstić information content (AvgIpc) is 2.60. The van der Waals surface area contributed by atoms with Crippen LogP contribution in [0.3, 0.4) is 0 Å². The molecule has 0 aliphatic heterocycles. The van der Waals surface area contributed by atoms with E-state index in [1.54, 1.807) is 36.4 Å². The fourth-order valence-corrected chi connectivity index (χ4v) is 2.25. The van der Waals surface area contributed by atoms with Crippen molar-refractivity contribution >= 4 is 18.0 Å². The third-order valence-electron chi connectivity index (χ3n) is 3.48. The van der Waals surface area contributed by atoms with Crippen LogP contribution in [0.25, 0.3) is 6.08 Å². The van der Waals surface area contributed by atoms with E-state index in [1.165, 1.54) is 31.4 Å². The molecule has 1 unspecified atom stereocenters. The van der Waals surface area contributed by atoms with E-state index in [9.17, 15) is 14.7 Å². The Morgan fingerprint density at radius 3 is 2.68 bits per heavy atom. The first-order chi connectivity index (χ1) is 11.9. The number of rotatable bonds is 6. The van der Waals surface area contributed by atoms with Crippen molar-refractivity contribution < 1.29 is 29.3 Å². The van der Waals surface area contributed by atoms with Gasteiger partial charge in [-0.05, 0) is 35.9 Å². The molecule has 25 heavy (non-hydrogen) atoms. The van der Waals surface area contributed by atoms with Gasteiger partial charge < -0.3 is 19.7 Å². The molecule has 1 aromatic rings. The molecule has 0 saturated heterocycles.